The van der Waals surface area contributed by atoms with Gasteiger partial charge in [-0.1, -0.05) is 25.5 Å². The molecule has 0 spiro atoms. The lowest BCUT2D eigenvalue weighted by molar-refractivity contribution is 0.627. The largest absolute Gasteiger partial charge is 0.359 e. The maximum Gasteiger partial charge on any atom is 0.187 e. The standard InChI is InChI=1S/C15H22FN3S/c1-4-5-6-14(12-7-9-13(16)10-8-12)18-19-15(20)17-11(2)3/h7-11H,4-6H2,1-3H3,(H2,17,19,20)/b18-14-. The summed E-state index contributed by atoms with van der Waals surface area (Å²) in [6, 6.07) is 6.63. The SMILES string of the molecule is CCCC/C(=N/NC(=S)NC(C)C)c1ccc(F)cc1. The summed E-state index contributed by atoms with van der Waals surface area (Å²) in [5.74, 6) is -0.242. The third-order valence-corrected chi connectivity index (χ3v) is 2.87. The van der Waals surface area contributed by atoms with Crippen molar-refractivity contribution in [3.63, 3.8) is 0 Å². The molecule has 1 aromatic rings. The summed E-state index contributed by atoms with van der Waals surface area (Å²) in [4.78, 5) is 0. The van der Waals surface area contributed by atoms with Crippen LogP contribution in [0.2, 0.25) is 0 Å². The summed E-state index contributed by atoms with van der Waals surface area (Å²) in [5, 5.41) is 7.92. The summed E-state index contributed by atoms with van der Waals surface area (Å²) < 4.78 is 13.0. The minimum Gasteiger partial charge on any atom is -0.359 e. The van der Waals surface area contributed by atoms with E-state index in [-0.39, 0.29) is 11.9 Å². The molecule has 0 saturated heterocycles. The first-order valence-electron chi connectivity index (χ1n) is 6.92. The molecule has 0 bridgehead atoms. The van der Waals surface area contributed by atoms with Crippen LogP contribution in [0.3, 0.4) is 0 Å². The van der Waals surface area contributed by atoms with Gasteiger partial charge in [0.2, 0.25) is 0 Å². The van der Waals surface area contributed by atoms with Gasteiger partial charge in [0.25, 0.3) is 0 Å². The zero-order valence-corrected chi connectivity index (χ0v) is 13.1. The second-order valence-corrected chi connectivity index (χ2v) is 5.32. The summed E-state index contributed by atoms with van der Waals surface area (Å²) in [6.45, 7) is 6.14. The average Bonchev–Trinajstić information content (AvgIpc) is 2.39. The van der Waals surface area contributed by atoms with E-state index in [0.29, 0.717) is 5.11 Å². The second-order valence-electron chi connectivity index (χ2n) is 4.91. The van der Waals surface area contributed by atoms with E-state index < -0.39 is 0 Å². The third kappa shape index (κ3) is 6.10. The molecule has 0 aliphatic heterocycles. The maximum atomic E-state index is 13.0. The summed E-state index contributed by atoms with van der Waals surface area (Å²) in [7, 11) is 0. The molecular formula is C15H22FN3S. The van der Waals surface area contributed by atoms with Gasteiger partial charge in [0, 0.05) is 6.04 Å². The molecule has 0 aliphatic carbocycles. The quantitative estimate of drug-likeness (QED) is 0.478. The van der Waals surface area contributed by atoms with E-state index in [2.05, 4.69) is 22.8 Å². The third-order valence-electron chi connectivity index (χ3n) is 2.66. The van der Waals surface area contributed by atoms with E-state index in [4.69, 9.17) is 12.2 Å². The number of nitrogens with zero attached hydrogens (tertiary/aromatic N) is 1. The number of nitrogens with one attached hydrogen (secondary N) is 2. The molecule has 0 amide bonds. The van der Waals surface area contributed by atoms with E-state index in [9.17, 15) is 4.39 Å². The minimum atomic E-state index is -0.242. The molecule has 3 nitrogen and oxygen atoms in total. The van der Waals surface area contributed by atoms with E-state index >= 15 is 0 Å². The first-order valence-corrected chi connectivity index (χ1v) is 7.32. The normalized spacial score (nSPS) is 11.6. The van der Waals surface area contributed by atoms with Crippen LogP contribution in [-0.2, 0) is 0 Å². The van der Waals surface area contributed by atoms with Gasteiger partial charge in [-0.3, -0.25) is 5.43 Å². The monoisotopic (exact) mass is 295 g/mol. The van der Waals surface area contributed by atoms with Crippen molar-refractivity contribution < 1.29 is 4.39 Å². The van der Waals surface area contributed by atoms with E-state index in [1.54, 1.807) is 12.1 Å². The number of unbranched alkanes of at least 4 members (excludes halogenated alkanes) is 1. The summed E-state index contributed by atoms with van der Waals surface area (Å²) >= 11 is 5.14. The van der Waals surface area contributed by atoms with Crippen molar-refractivity contribution in [2.45, 2.75) is 46.1 Å². The highest BCUT2D eigenvalue weighted by atomic mass is 32.1. The zero-order valence-electron chi connectivity index (χ0n) is 12.2. The average molecular weight is 295 g/mol. The fourth-order valence-electron chi connectivity index (χ4n) is 1.66. The van der Waals surface area contributed by atoms with Crippen LogP contribution in [-0.4, -0.2) is 16.9 Å². The van der Waals surface area contributed by atoms with Crippen LogP contribution in [0.1, 0.15) is 45.6 Å². The van der Waals surface area contributed by atoms with Crippen LogP contribution in [0.15, 0.2) is 29.4 Å². The molecule has 0 heterocycles. The molecule has 0 fully saturated rings. The first kappa shape index (κ1) is 16.6. The van der Waals surface area contributed by atoms with E-state index in [0.717, 1.165) is 30.5 Å². The molecule has 2 N–H and O–H groups in total. The lowest BCUT2D eigenvalue weighted by Crippen LogP contribution is -2.37. The fourth-order valence-corrected chi connectivity index (χ4v) is 1.95. The molecule has 110 valence electrons. The number of hydrazone groups is 1. The second kappa shape index (κ2) is 8.64. The summed E-state index contributed by atoms with van der Waals surface area (Å²) in [6.07, 6.45) is 2.94. The predicted molar refractivity (Wildman–Crippen MR) is 86.5 cm³/mol. The molecule has 0 unspecified atom stereocenters. The maximum absolute atomic E-state index is 13.0. The number of hydrogen-bond acceptors (Lipinski definition) is 2. The Morgan fingerprint density at radius 3 is 2.50 bits per heavy atom. The fraction of sp³-hybridized carbons (Fsp3) is 0.467. The predicted octanol–water partition coefficient (Wildman–Crippen LogP) is 3.59. The van der Waals surface area contributed by atoms with Gasteiger partial charge in [0.1, 0.15) is 5.82 Å². The van der Waals surface area contributed by atoms with Gasteiger partial charge in [0.05, 0.1) is 5.71 Å². The van der Waals surface area contributed by atoms with Crippen molar-refractivity contribution in [3.05, 3.63) is 35.6 Å². The molecule has 1 rings (SSSR count). The van der Waals surface area contributed by atoms with Crippen molar-refractivity contribution in [1.82, 2.24) is 10.7 Å². The molecule has 0 atom stereocenters. The van der Waals surface area contributed by atoms with Crippen LogP contribution in [0.25, 0.3) is 0 Å². The van der Waals surface area contributed by atoms with E-state index in [1.807, 2.05) is 13.8 Å². The van der Waals surface area contributed by atoms with Crippen LogP contribution in [0, 0.1) is 5.82 Å². The molecule has 0 aliphatic rings. The lowest BCUT2D eigenvalue weighted by atomic mass is 10.1. The molecule has 0 saturated carbocycles. The van der Waals surface area contributed by atoms with Crippen LogP contribution in [0.5, 0.6) is 0 Å². The highest BCUT2D eigenvalue weighted by Gasteiger charge is 2.05. The van der Waals surface area contributed by atoms with Gasteiger partial charge in [-0.25, -0.2) is 4.39 Å². The van der Waals surface area contributed by atoms with Gasteiger partial charge in [-0.2, -0.15) is 5.10 Å². The van der Waals surface area contributed by atoms with Crippen LogP contribution in [0.4, 0.5) is 4.39 Å². The lowest BCUT2D eigenvalue weighted by Gasteiger charge is -2.12. The summed E-state index contributed by atoms with van der Waals surface area (Å²) in [5.41, 5.74) is 4.66. The van der Waals surface area contributed by atoms with Crippen LogP contribution >= 0.6 is 12.2 Å². The minimum absolute atomic E-state index is 0.242. The van der Waals surface area contributed by atoms with Gasteiger partial charge in [-0.15, -0.1) is 0 Å². The van der Waals surface area contributed by atoms with Crippen molar-refractivity contribution in [2.75, 3.05) is 0 Å². The van der Waals surface area contributed by atoms with Crippen molar-refractivity contribution >= 4 is 23.0 Å². The number of halogens is 1. The number of hydrogen-bond donors (Lipinski definition) is 2. The molecule has 0 radical (unpaired) electrons. The van der Waals surface area contributed by atoms with Gasteiger partial charge < -0.3 is 5.32 Å². The van der Waals surface area contributed by atoms with Crippen LogP contribution < -0.4 is 10.7 Å². The topological polar surface area (TPSA) is 36.4 Å². The Balaban J connectivity index is 2.77. The highest BCUT2D eigenvalue weighted by Crippen LogP contribution is 2.09. The van der Waals surface area contributed by atoms with Gasteiger partial charge in [0.15, 0.2) is 5.11 Å². The van der Waals surface area contributed by atoms with Gasteiger partial charge in [-0.05, 0) is 56.6 Å². The Labute approximate surface area is 125 Å². The number of rotatable bonds is 6. The molecular weight excluding hydrogens is 273 g/mol. The Kier molecular flexibility index (Phi) is 7.15. The number of benzene rings is 1. The Morgan fingerprint density at radius 2 is 1.95 bits per heavy atom. The van der Waals surface area contributed by atoms with E-state index in [1.165, 1.54) is 12.1 Å². The smallest absolute Gasteiger partial charge is 0.187 e. The zero-order chi connectivity index (χ0) is 15.0. The molecule has 20 heavy (non-hydrogen) atoms. The Hall–Kier alpha value is -1.49. The molecule has 5 heteroatoms. The first-order chi connectivity index (χ1) is 9.52. The number of thiocarbonyl (C=S) groups is 1. The van der Waals surface area contributed by atoms with Gasteiger partial charge >= 0.3 is 0 Å². The van der Waals surface area contributed by atoms with Crippen molar-refractivity contribution in [2.24, 2.45) is 5.10 Å². The Morgan fingerprint density at radius 1 is 1.30 bits per heavy atom. The van der Waals surface area contributed by atoms with Crippen molar-refractivity contribution in [3.8, 4) is 0 Å². The molecule has 0 aromatic heterocycles. The Bertz CT molecular complexity index is 455. The molecule has 1 aromatic carbocycles. The van der Waals surface area contributed by atoms with Crippen molar-refractivity contribution in [1.29, 1.82) is 0 Å². The highest BCUT2D eigenvalue weighted by molar-refractivity contribution is 7.80.